The maximum atomic E-state index is 10.5. The van der Waals surface area contributed by atoms with E-state index in [1.165, 1.54) is 0 Å². The topological polar surface area (TPSA) is 51.5 Å². The highest BCUT2D eigenvalue weighted by Crippen LogP contribution is 2.26. The van der Waals surface area contributed by atoms with Gasteiger partial charge in [-0.25, -0.2) is 0 Å². The van der Waals surface area contributed by atoms with Crippen LogP contribution in [0, 0.1) is 0 Å². The summed E-state index contributed by atoms with van der Waals surface area (Å²) in [6, 6.07) is 7.87. The lowest BCUT2D eigenvalue weighted by Crippen LogP contribution is -2.00. The Balaban J connectivity index is 2.21. The van der Waals surface area contributed by atoms with E-state index >= 15 is 0 Å². The van der Waals surface area contributed by atoms with Gasteiger partial charge in [0, 0.05) is 24.5 Å². The molecular weight excluding hydrogens is 218 g/mol. The minimum Gasteiger partial charge on any atom is -0.496 e. The molecule has 1 N–H and O–H groups in total. The van der Waals surface area contributed by atoms with Gasteiger partial charge in [0.15, 0.2) is 0 Å². The minimum atomic E-state index is -0.751. The normalized spacial score (nSPS) is 10.6. The van der Waals surface area contributed by atoms with Crippen molar-refractivity contribution in [1.82, 2.24) is 4.57 Å². The first-order chi connectivity index (χ1) is 8.22. The zero-order valence-corrected chi connectivity index (χ0v) is 9.72. The molecule has 0 spiro atoms. The van der Waals surface area contributed by atoms with Crippen LogP contribution in [-0.2, 0) is 11.3 Å². The Bertz CT molecular complexity index is 530. The smallest absolute Gasteiger partial charge is 0.303 e. The number of hydrogen-bond donors (Lipinski definition) is 1. The zero-order chi connectivity index (χ0) is 12.3. The first-order valence-corrected chi connectivity index (χ1v) is 5.56. The average Bonchev–Trinajstić information content (AvgIpc) is 2.72. The molecule has 4 heteroatoms. The van der Waals surface area contributed by atoms with Crippen molar-refractivity contribution in [2.75, 3.05) is 7.11 Å². The number of methoxy groups -OCH3 is 1. The van der Waals surface area contributed by atoms with Crippen molar-refractivity contribution in [2.24, 2.45) is 0 Å². The van der Waals surface area contributed by atoms with Gasteiger partial charge in [0.05, 0.1) is 12.6 Å². The van der Waals surface area contributed by atoms with Crippen LogP contribution in [0.4, 0.5) is 0 Å². The lowest BCUT2D eigenvalue weighted by Gasteiger charge is -2.05. The van der Waals surface area contributed by atoms with Gasteiger partial charge in [-0.1, -0.05) is 6.07 Å². The quantitative estimate of drug-likeness (QED) is 0.863. The molecule has 0 atom stereocenters. The number of benzene rings is 1. The Morgan fingerprint density at radius 1 is 1.41 bits per heavy atom. The van der Waals surface area contributed by atoms with Crippen LogP contribution in [0.15, 0.2) is 30.5 Å². The van der Waals surface area contributed by atoms with E-state index in [1.807, 2.05) is 30.5 Å². The Morgan fingerprint density at radius 2 is 2.24 bits per heavy atom. The molecule has 2 rings (SSSR count). The zero-order valence-electron chi connectivity index (χ0n) is 9.72. The van der Waals surface area contributed by atoms with E-state index in [-0.39, 0.29) is 6.42 Å². The predicted octanol–water partition coefficient (Wildman–Crippen LogP) is 2.51. The third-order valence-electron chi connectivity index (χ3n) is 2.78. The van der Waals surface area contributed by atoms with E-state index < -0.39 is 5.97 Å². The number of fused-ring (bicyclic) bond motifs is 1. The Labute approximate surface area is 99.4 Å². The van der Waals surface area contributed by atoms with Gasteiger partial charge in [-0.3, -0.25) is 4.79 Å². The van der Waals surface area contributed by atoms with Crippen molar-refractivity contribution in [2.45, 2.75) is 19.4 Å². The van der Waals surface area contributed by atoms with Crippen LogP contribution in [0.25, 0.3) is 10.9 Å². The van der Waals surface area contributed by atoms with Crippen LogP contribution < -0.4 is 4.74 Å². The van der Waals surface area contributed by atoms with Crippen LogP contribution in [-0.4, -0.2) is 22.8 Å². The third kappa shape index (κ3) is 2.41. The molecule has 90 valence electrons. The van der Waals surface area contributed by atoms with Gasteiger partial charge in [-0.15, -0.1) is 0 Å². The molecule has 1 aromatic heterocycles. The standard InChI is InChI=1S/C13H15NO3/c1-17-12-5-2-4-11-10(12)7-9-14(11)8-3-6-13(15)16/h2,4-5,7,9H,3,6,8H2,1H3,(H,15,16). The Morgan fingerprint density at radius 3 is 2.94 bits per heavy atom. The molecule has 0 saturated carbocycles. The minimum absolute atomic E-state index is 0.198. The fraction of sp³-hybridized carbons (Fsp3) is 0.308. The number of nitrogens with zero attached hydrogens (tertiary/aromatic N) is 1. The highest BCUT2D eigenvalue weighted by Gasteiger charge is 2.05. The molecule has 1 heterocycles. The molecule has 0 radical (unpaired) electrons. The van der Waals surface area contributed by atoms with E-state index in [4.69, 9.17) is 9.84 Å². The number of ether oxygens (including phenoxy) is 1. The van der Waals surface area contributed by atoms with Gasteiger partial charge in [-0.2, -0.15) is 0 Å². The Hall–Kier alpha value is -1.97. The largest absolute Gasteiger partial charge is 0.496 e. The summed E-state index contributed by atoms with van der Waals surface area (Å²) in [4.78, 5) is 10.5. The third-order valence-corrected chi connectivity index (χ3v) is 2.78. The fourth-order valence-corrected chi connectivity index (χ4v) is 1.97. The molecular formula is C13H15NO3. The molecule has 0 aliphatic carbocycles. The van der Waals surface area contributed by atoms with Crippen molar-refractivity contribution in [3.8, 4) is 5.75 Å². The van der Waals surface area contributed by atoms with Crippen molar-refractivity contribution in [1.29, 1.82) is 0 Å². The lowest BCUT2D eigenvalue weighted by atomic mass is 10.2. The van der Waals surface area contributed by atoms with Crippen molar-refractivity contribution in [3.63, 3.8) is 0 Å². The van der Waals surface area contributed by atoms with Crippen molar-refractivity contribution in [3.05, 3.63) is 30.5 Å². The van der Waals surface area contributed by atoms with Gasteiger partial charge < -0.3 is 14.4 Å². The van der Waals surface area contributed by atoms with Crippen LogP contribution in [0.1, 0.15) is 12.8 Å². The highest BCUT2D eigenvalue weighted by molar-refractivity contribution is 5.86. The maximum Gasteiger partial charge on any atom is 0.303 e. The SMILES string of the molecule is COc1cccc2c1ccn2CCCC(=O)O. The van der Waals surface area contributed by atoms with E-state index in [9.17, 15) is 4.79 Å². The van der Waals surface area contributed by atoms with Gasteiger partial charge in [0.25, 0.3) is 0 Å². The molecule has 1 aromatic carbocycles. The van der Waals surface area contributed by atoms with Crippen LogP contribution in [0.2, 0.25) is 0 Å². The molecule has 17 heavy (non-hydrogen) atoms. The number of carbonyl (C=O) groups is 1. The second-order valence-electron chi connectivity index (χ2n) is 3.90. The number of hydrogen-bond acceptors (Lipinski definition) is 2. The molecule has 0 saturated heterocycles. The van der Waals surface area contributed by atoms with Crippen molar-refractivity contribution >= 4 is 16.9 Å². The maximum absolute atomic E-state index is 10.5. The molecule has 4 nitrogen and oxygen atoms in total. The molecule has 0 aliphatic rings. The second kappa shape index (κ2) is 4.91. The van der Waals surface area contributed by atoms with Crippen LogP contribution in [0.5, 0.6) is 5.75 Å². The van der Waals surface area contributed by atoms with Gasteiger partial charge >= 0.3 is 5.97 Å². The summed E-state index contributed by atoms with van der Waals surface area (Å²) in [5.41, 5.74) is 1.08. The highest BCUT2D eigenvalue weighted by atomic mass is 16.5. The summed E-state index contributed by atoms with van der Waals surface area (Å²) < 4.78 is 7.33. The average molecular weight is 233 g/mol. The Kier molecular flexibility index (Phi) is 3.32. The summed E-state index contributed by atoms with van der Waals surface area (Å²) in [6.45, 7) is 0.711. The fourth-order valence-electron chi connectivity index (χ4n) is 1.97. The van der Waals surface area contributed by atoms with E-state index in [1.54, 1.807) is 7.11 Å². The van der Waals surface area contributed by atoms with Crippen LogP contribution >= 0.6 is 0 Å². The number of rotatable bonds is 5. The molecule has 0 unspecified atom stereocenters. The monoisotopic (exact) mass is 233 g/mol. The molecule has 2 aromatic rings. The lowest BCUT2D eigenvalue weighted by molar-refractivity contribution is -0.137. The number of carboxylic acid groups (broad SMARTS) is 1. The number of aryl methyl sites for hydroxylation is 1. The van der Waals surface area contributed by atoms with E-state index in [0.29, 0.717) is 13.0 Å². The summed E-state index contributed by atoms with van der Waals surface area (Å²) in [5.74, 6) is 0.0959. The number of aromatic nitrogens is 1. The van der Waals surface area contributed by atoms with Crippen molar-refractivity contribution < 1.29 is 14.6 Å². The summed E-state index contributed by atoms with van der Waals surface area (Å²) >= 11 is 0. The van der Waals surface area contributed by atoms with Gasteiger partial charge in [0.2, 0.25) is 0 Å². The molecule has 0 aliphatic heterocycles. The second-order valence-corrected chi connectivity index (χ2v) is 3.90. The number of aliphatic carboxylic acids is 1. The first-order valence-electron chi connectivity index (χ1n) is 5.56. The van der Waals surface area contributed by atoms with Crippen LogP contribution in [0.3, 0.4) is 0 Å². The molecule has 0 fully saturated rings. The van der Waals surface area contributed by atoms with Gasteiger partial charge in [-0.05, 0) is 24.6 Å². The first kappa shape index (κ1) is 11.5. The summed E-state index contributed by atoms with van der Waals surface area (Å²) in [6.07, 6.45) is 2.80. The number of carboxylic acids is 1. The summed E-state index contributed by atoms with van der Waals surface area (Å²) in [5, 5.41) is 9.67. The van der Waals surface area contributed by atoms with E-state index in [0.717, 1.165) is 16.7 Å². The van der Waals surface area contributed by atoms with E-state index in [2.05, 4.69) is 4.57 Å². The molecule has 0 bridgehead atoms. The molecule has 0 amide bonds. The predicted molar refractivity (Wildman–Crippen MR) is 65.4 cm³/mol. The summed E-state index contributed by atoms with van der Waals surface area (Å²) in [7, 11) is 1.65. The van der Waals surface area contributed by atoms with Gasteiger partial charge in [0.1, 0.15) is 5.75 Å².